The number of amides is 2. The lowest BCUT2D eigenvalue weighted by molar-refractivity contribution is -0.113. The van der Waals surface area contributed by atoms with Crippen LogP contribution < -0.4 is 10.6 Å². The summed E-state index contributed by atoms with van der Waals surface area (Å²) in [6, 6.07) is 23.3. The highest BCUT2D eigenvalue weighted by atomic mass is 35.5. The zero-order valence-electron chi connectivity index (χ0n) is 15.3. The molecule has 0 saturated carbocycles. The zero-order valence-corrected chi connectivity index (χ0v) is 16.0. The minimum Gasteiger partial charge on any atom is -0.321 e. The van der Waals surface area contributed by atoms with Gasteiger partial charge >= 0.3 is 0 Å². The molecule has 28 heavy (non-hydrogen) atoms. The van der Waals surface area contributed by atoms with Crippen molar-refractivity contribution in [2.75, 3.05) is 5.32 Å². The van der Waals surface area contributed by atoms with Crippen LogP contribution in [0.25, 0.3) is 6.08 Å². The van der Waals surface area contributed by atoms with E-state index in [0.717, 1.165) is 11.1 Å². The molecule has 3 aromatic carbocycles. The summed E-state index contributed by atoms with van der Waals surface area (Å²) in [7, 11) is 0. The molecule has 0 aromatic heterocycles. The summed E-state index contributed by atoms with van der Waals surface area (Å²) in [5.41, 5.74) is 2.88. The van der Waals surface area contributed by atoms with Crippen molar-refractivity contribution < 1.29 is 9.59 Å². The van der Waals surface area contributed by atoms with Crippen LogP contribution in [0, 0.1) is 6.92 Å². The Morgan fingerprint density at radius 2 is 1.54 bits per heavy atom. The lowest BCUT2D eigenvalue weighted by Gasteiger charge is -2.12. The van der Waals surface area contributed by atoms with Crippen molar-refractivity contribution in [3.8, 4) is 0 Å². The van der Waals surface area contributed by atoms with Gasteiger partial charge in [-0.25, -0.2) is 0 Å². The van der Waals surface area contributed by atoms with E-state index in [-0.39, 0.29) is 11.6 Å². The highest BCUT2D eigenvalue weighted by Crippen LogP contribution is 2.19. The number of carbonyl (C=O) groups is 2. The third-order valence-corrected chi connectivity index (χ3v) is 4.16. The molecule has 0 radical (unpaired) electrons. The van der Waals surface area contributed by atoms with Crippen molar-refractivity contribution in [1.82, 2.24) is 5.32 Å². The summed E-state index contributed by atoms with van der Waals surface area (Å²) < 4.78 is 0. The van der Waals surface area contributed by atoms with Crippen molar-refractivity contribution in [2.45, 2.75) is 6.92 Å². The summed E-state index contributed by atoms with van der Waals surface area (Å²) in [5, 5.41) is 6.03. The maximum Gasteiger partial charge on any atom is 0.272 e. The van der Waals surface area contributed by atoms with Gasteiger partial charge in [-0.05, 0) is 54.5 Å². The molecule has 140 valence electrons. The minimum absolute atomic E-state index is 0.137. The maximum atomic E-state index is 12.9. The lowest BCUT2D eigenvalue weighted by atomic mass is 10.1. The van der Waals surface area contributed by atoms with Crippen molar-refractivity contribution in [3.63, 3.8) is 0 Å². The van der Waals surface area contributed by atoms with Crippen LogP contribution in [0.2, 0.25) is 5.02 Å². The third kappa shape index (κ3) is 5.32. The van der Waals surface area contributed by atoms with Gasteiger partial charge in [-0.15, -0.1) is 0 Å². The number of benzene rings is 3. The van der Waals surface area contributed by atoms with Crippen LogP contribution in [0.1, 0.15) is 21.5 Å². The molecule has 2 amide bonds. The Balaban J connectivity index is 1.88. The van der Waals surface area contributed by atoms with E-state index in [0.29, 0.717) is 16.3 Å². The molecule has 0 aliphatic carbocycles. The molecule has 0 spiro atoms. The molecule has 0 fully saturated rings. The van der Waals surface area contributed by atoms with Crippen LogP contribution in [-0.2, 0) is 4.79 Å². The summed E-state index contributed by atoms with van der Waals surface area (Å²) >= 11 is 6.07. The first-order chi connectivity index (χ1) is 13.5. The van der Waals surface area contributed by atoms with Gasteiger partial charge in [-0.3, -0.25) is 9.59 Å². The first-order valence-electron chi connectivity index (χ1n) is 8.73. The Bertz CT molecular complexity index is 995. The summed E-state index contributed by atoms with van der Waals surface area (Å²) in [4.78, 5) is 25.4. The second-order valence-corrected chi connectivity index (χ2v) is 6.70. The Morgan fingerprint density at radius 3 is 2.18 bits per heavy atom. The fourth-order valence-electron chi connectivity index (χ4n) is 2.67. The van der Waals surface area contributed by atoms with Gasteiger partial charge in [0.15, 0.2) is 0 Å². The zero-order chi connectivity index (χ0) is 19.9. The molecule has 0 aliphatic heterocycles. The van der Waals surface area contributed by atoms with E-state index < -0.39 is 5.91 Å². The average Bonchev–Trinajstić information content (AvgIpc) is 2.68. The SMILES string of the molecule is Cc1cc(Cl)cc(NC(=O)/C(=C/c2ccccc2)NC(=O)c2ccccc2)c1. The normalized spacial score (nSPS) is 11.0. The molecule has 4 nitrogen and oxygen atoms in total. The van der Waals surface area contributed by atoms with Gasteiger partial charge in [0.1, 0.15) is 5.70 Å². The van der Waals surface area contributed by atoms with Crippen molar-refractivity contribution >= 4 is 35.2 Å². The molecule has 0 bridgehead atoms. The molecule has 5 heteroatoms. The summed E-state index contributed by atoms with van der Waals surface area (Å²) in [5.74, 6) is -0.796. The molecular formula is C23H19ClN2O2. The van der Waals surface area contributed by atoms with Crippen LogP contribution in [0.5, 0.6) is 0 Å². The highest BCUT2D eigenvalue weighted by Gasteiger charge is 2.15. The molecule has 2 N–H and O–H groups in total. The fourth-order valence-corrected chi connectivity index (χ4v) is 2.95. The fraction of sp³-hybridized carbons (Fsp3) is 0.0435. The second kappa shape index (κ2) is 9.02. The van der Waals surface area contributed by atoms with Gasteiger partial charge < -0.3 is 10.6 Å². The minimum atomic E-state index is -0.435. The first-order valence-corrected chi connectivity index (χ1v) is 9.11. The van der Waals surface area contributed by atoms with E-state index in [2.05, 4.69) is 10.6 Å². The number of hydrogen-bond donors (Lipinski definition) is 2. The van der Waals surface area contributed by atoms with E-state index in [9.17, 15) is 9.59 Å². The predicted octanol–water partition coefficient (Wildman–Crippen LogP) is 5.06. The smallest absolute Gasteiger partial charge is 0.272 e. The number of rotatable bonds is 5. The molecule has 0 heterocycles. The molecule has 0 aliphatic rings. The van der Waals surface area contributed by atoms with E-state index in [1.54, 1.807) is 42.5 Å². The Kier molecular flexibility index (Phi) is 6.25. The molecule has 0 saturated heterocycles. The third-order valence-electron chi connectivity index (χ3n) is 3.94. The molecular weight excluding hydrogens is 372 g/mol. The molecule has 3 rings (SSSR count). The second-order valence-electron chi connectivity index (χ2n) is 6.26. The van der Waals surface area contributed by atoms with Gasteiger partial charge in [-0.1, -0.05) is 60.1 Å². The van der Waals surface area contributed by atoms with Gasteiger partial charge in [0, 0.05) is 16.3 Å². The van der Waals surface area contributed by atoms with Crippen LogP contribution in [0.4, 0.5) is 5.69 Å². The number of carbonyl (C=O) groups excluding carboxylic acids is 2. The first kappa shape index (κ1) is 19.4. The number of hydrogen-bond acceptors (Lipinski definition) is 2. The van der Waals surface area contributed by atoms with Crippen LogP contribution in [0.15, 0.2) is 84.6 Å². The van der Waals surface area contributed by atoms with Crippen molar-refractivity contribution in [1.29, 1.82) is 0 Å². The lowest BCUT2D eigenvalue weighted by Crippen LogP contribution is -2.30. The number of halogens is 1. The van der Waals surface area contributed by atoms with Gasteiger partial charge in [0.05, 0.1) is 0 Å². The Labute approximate surface area is 168 Å². The van der Waals surface area contributed by atoms with E-state index in [1.807, 2.05) is 49.4 Å². The van der Waals surface area contributed by atoms with Gasteiger partial charge in [0.25, 0.3) is 11.8 Å². The van der Waals surface area contributed by atoms with Gasteiger partial charge in [0.2, 0.25) is 0 Å². The molecule has 3 aromatic rings. The number of anilines is 1. The standard InChI is InChI=1S/C23H19ClN2O2/c1-16-12-19(24)15-20(13-16)25-23(28)21(14-17-8-4-2-5-9-17)26-22(27)18-10-6-3-7-11-18/h2-15H,1H3,(H,25,28)(H,26,27)/b21-14-. The molecule has 0 atom stereocenters. The van der Waals surface area contributed by atoms with Crippen LogP contribution in [0.3, 0.4) is 0 Å². The van der Waals surface area contributed by atoms with Crippen molar-refractivity contribution in [2.24, 2.45) is 0 Å². The maximum absolute atomic E-state index is 12.9. The van der Waals surface area contributed by atoms with E-state index in [1.165, 1.54) is 0 Å². The van der Waals surface area contributed by atoms with E-state index in [4.69, 9.17) is 11.6 Å². The average molecular weight is 391 g/mol. The largest absolute Gasteiger partial charge is 0.321 e. The van der Waals surface area contributed by atoms with Crippen LogP contribution >= 0.6 is 11.6 Å². The summed E-state index contributed by atoms with van der Waals surface area (Å²) in [6.07, 6.45) is 1.63. The highest BCUT2D eigenvalue weighted by molar-refractivity contribution is 6.31. The summed E-state index contributed by atoms with van der Waals surface area (Å²) in [6.45, 7) is 1.89. The number of aryl methyl sites for hydroxylation is 1. The topological polar surface area (TPSA) is 58.2 Å². The van der Waals surface area contributed by atoms with Crippen molar-refractivity contribution in [3.05, 3.63) is 106 Å². The Hall–Kier alpha value is -3.37. The van der Waals surface area contributed by atoms with Gasteiger partial charge in [-0.2, -0.15) is 0 Å². The predicted molar refractivity (Wildman–Crippen MR) is 113 cm³/mol. The number of nitrogens with one attached hydrogen (secondary N) is 2. The Morgan fingerprint density at radius 1 is 0.893 bits per heavy atom. The van der Waals surface area contributed by atoms with Crippen LogP contribution in [-0.4, -0.2) is 11.8 Å². The van der Waals surface area contributed by atoms with E-state index >= 15 is 0 Å². The quantitative estimate of drug-likeness (QED) is 0.598. The monoisotopic (exact) mass is 390 g/mol. The molecule has 0 unspecified atom stereocenters.